The van der Waals surface area contributed by atoms with Gasteiger partial charge in [-0.1, -0.05) is 23.7 Å². The second-order valence-electron chi connectivity index (χ2n) is 6.46. The zero-order valence-electron chi connectivity index (χ0n) is 17.2. The standard InChI is InChI=1S/C20H15ClF3N5O5/c1-2-17(30)28(27-18-16(29(31)32)4-3-9-25-18)34-14-7-5-13(6-8-14)33-19-15(21)10-12(11-26-19)20(22,23)24/h3-11H,2H2,1H3,(H,25,27). The fourth-order valence-corrected chi connectivity index (χ4v) is 2.65. The SMILES string of the molecule is CCC(=O)N(Nc1ncccc1[N+](=O)[O-])Oc1ccc(Oc2ncc(C(F)(F)F)cc2Cl)cc1. The van der Waals surface area contributed by atoms with Crippen LogP contribution >= 0.6 is 11.6 Å². The van der Waals surface area contributed by atoms with Crippen molar-refractivity contribution in [1.82, 2.24) is 15.1 Å². The van der Waals surface area contributed by atoms with E-state index >= 15 is 0 Å². The summed E-state index contributed by atoms with van der Waals surface area (Å²) in [6, 6.07) is 8.82. The van der Waals surface area contributed by atoms with Crippen molar-refractivity contribution in [3.05, 3.63) is 75.6 Å². The number of ether oxygens (including phenoxy) is 1. The number of halogens is 4. The molecular formula is C20H15ClF3N5O5. The number of pyridine rings is 2. The zero-order valence-corrected chi connectivity index (χ0v) is 18.0. The van der Waals surface area contributed by atoms with Gasteiger partial charge in [-0.05, 0) is 36.4 Å². The lowest BCUT2D eigenvalue weighted by Gasteiger charge is -2.22. The molecule has 34 heavy (non-hydrogen) atoms. The fourth-order valence-electron chi connectivity index (χ4n) is 2.45. The van der Waals surface area contributed by atoms with Gasteiger partial charge >= 0.3 is 11.9 Å². The summed E-state index contributed by atoms with van der Waals surface area (Å²) in [7, 11) is 0. The van der Waals surface area contributed by atoms with Crippen molar-refractivity contribution < 1.29 is 32.5 Å². The van der Waals surface area contributed by atoms with Gasteiger partial charge in [-0.3, -0.25) is 14.9 Å². The highest BCUT2D eigenvalue weighted by Gasteiger charge is 2.32. The molecule has 1 amide bonds. The molecule has 178 valence electrons. The molecule has 0 saturated heterocycles. The number of hydrogen-bond acceptors (Lipinski definition) is 8. The third-order valence-corrected chi connectivity index (χ3v) is 4.36. The van der Waals surface area contributed by atoms with Crippen molar-refractivity contribution in [1.29, 1.82) is 0 Å². The molecule has 2 aromatic heterocycles. The van der Waals surface area contributed by atoms with Crippen LogP contribution in [0.4, 0.5) is 24.7 Å². The smallest absolute Gasteiger partial charge is 0.417 e. The average Bonchev–Trinajstić information content (AvgIpc) is 2.80. The second kappa shape index (κ2) is 10.2. The van der Waals surface area contributed by atoms with Gasteiger partial charge in [0, 0.05) is 24.9 Å². The molecule has 1 N–H and O–H groups in total. The van der Waals surface area contributed by atoms with Crippen molar-refractivity contribution in [3.8, 4) is 17.4 Å². The molecule has 0 spiro atoms. The number of aromatic nitrogens is 2. The van der Waals surface area contributed by atoms with Gasteiger partial charge in [0.1, 0.15) is 10.8 Å². The first-order chi connectivity index (χ1) is 16.1. The summed E-state index contributed by atoms with van der Waals surface area (Å²) >= 11 is 5.83. The predicted octanol–water partition coefficient (Wildman–Crippen LogP) is 5.41. The van der Waals surface area contributed by atoms with E-state index in [2.05, 4.69) is 15.4 Å². The number of hydrogen-bond donors (Lipinski definition) is 1. The lowest BCUT2D eigenvalue weighted by Crippen LogP contribution is -2.39. The minimum Gasteiger partial charge on any atom is -0.438 e. The summed E-state index contributed by atoms with van der Waals surface area (Å²) in [5.74, 6) is -0.705. The predicted molar refractivity (Wildman–Crippen MR) is 113 cm³/mol. The van der Waals surface area contributed by atoms with Crippen LogP contribution in [0, 0.1) is 10.1 Å². The van der Waals surface area contributed by atoms with Gasteiger partial charge in [-0.15, -0.1) is 0 Å². The molecule has 10 nitrogen and oxygen atoms in total. The molecule has 0 aliphatic rings. The highest BCUT2D eigenvalue weighted by Crippen LogP contribution is 2.35. The molecule has 0 atom stereocenters. The topological polar surface area (TPSA) is 120 Å². The normalized spacial score (nSPS) is 11.0. The average molecular weight is 498 g/mol. The number of anilines is 1. The van der Waals surface area contributed by atoms with Gasteiger partial charge in [0.15, 0.2) is 5.75 Å². The molecule has 0 radical (unpaired) electrons. The summed E-state index contributed by atoms with van der Waals surface area (Å²) in [5.41, 5.74) is 1.08. The molecule has 3 rings (SSSR count). The van der Waals surface area contributed by atoms with Gasteiger partial charge in [0.25, 0.3) is 5.91 Å². The molecule has 0 bridgehead atoms. The number of benzene rings is 1. The third kappa shape index (κ3) is 6.01. The monoisotopic (exact) mass is 497 g/mol. The molecule has 14 heteroatoms. The fraction of sp³-hybridized carbons (Fsp3) is 0.150. The lowest BCUT2D eigenvalue weighted by molar-refractivity contribution is -0.384. The molecule has 2 heterocycles. The minimum atomic E-state index is -4.60. The number of hydroxylamine groups is 1. The van der Waals surface area contributed by atoms with E-state index in [4.69, 9.17) is 21.2 Å². The molecule has 0 aliphatic heterocycles. The zero-order chi connectivity index (χ0) is 24.9. The Bertz CT molecular complexity index is 1190. The highest BCUT2D eigenvalue weighted by molar-refractivity contribution is 6.31. The van der Waals surface area contributed by atoms with E-state index in [-0.39, 0.29) is 40.3 Å². The Balaban J connectivity index is 1.74. The van der Waals surface area contributed by atoms with Crippen LogP contribution in [0.15, 0.2) is 54.9 Å². The number of hydrazine groups is 1. The van der Waals surface area contributed by atoms with Crippen LogP contribution in [0.25, 0.3) is 0 Å². The molecule has 0 saturated carbocycles. The maximum Gasteiger partial charge on any atom is 0.417 e. The van der Waals surface area contributed by atoms with E-state index in [1.54, 1.807) is 6.92 Å². The van der Waals surface area contributed by atoms with E-state index in [0.29, 0.717) is 17.4 Å². The summed E-state index contributed by atoms with van der Waals surface area (Å²) in [6.07, 6.45) is -2.70. The van der Waals surface area contributed by atoms with Crippen molar-refractivity contribution in [2.24, 2.45) is 0 Å². The summed E-state index contributed by atoms with van der Waals surface area (Å²) in [5, 5.41) is 11.5. The van der Waals surface area contributed by atoms with E-state index in [9.17, 15) is 28.1 Å². The number of carbonyl (C=O) groups excluding carboxylic acids is 1. The van der Waals surface area contributed by atoms with E-state index in [0.717, 1.165) is 0 Å². The number of nitrogens with zero attached hydrogens (tertiary/aromatic N) is 4. The quantitative estimate of drug-likeness (QED) is 0.324. The van der Waals surface area contributed by atoms with Crippen molar-refractivity contribution >= 4 is 29.0 Å². The van der Waals surface area contributed by atoms with E-state index in [1.165, 1.54) is 42.6 Å². The van der Waals surface area contributed by atoms with Crippen LogP contribution in [0.5, 0.6) is 17.4 Å². The minimum absolute atomic E-state index is 0.00686. The van der Waals surface area contributed by atoms with Crippen LogP contribution in [0.1, 0.15) is 18.9 Å². The van der Waals surface area contributed by atoms with Gasteiger partial charge in [-0.25, -0.2) is 15.4 Å². The summed E-state index contributed by atoms with van der Waals surface area (Å²) < 4.78 is 43.6. The second-order valence-corrected chi connectivity index (χ2v) is 6.86. The molecule has 0 aliphatic carbocycles. The van der Waals surface area contributed by atoms with Gasteiger partial charge < -0.3 is 9.57 Å². The highest BCUT2D eigenvalue weighted by atomic mass is 35.5. The Morgan fingerprint density at radius 2 is 1.88 bits per heavy atom. The van der Waals surface area contributed by atoms with Gasteiger partial charge in [0.05, 0.1) is 10.5 Å². The number of nitro groups is 1. The molecule has 0 unspecified atom stereocenters. The van der Waals surface area contributed by atoms with Crippen molar-refractivity contribution in [2.75, 3.05) is 5.43 Å². The largest absolute Gasteiger partial charge is 0.438 e. The first-order valence-corrected chi connectivity index (χ1v) is 9.84. The summed E-state index contributed by atoms with van der Waals surface area (Å²) in [4.78, 5) is 35.7. The van der Waals surface area contributed by atoms with Crippen molar-refractivity contribution in [3.63, 3.8) is 0 Å². The number of nitrogens with one attached hydrogen (secondary N) is 1. The van der Waals surface area contributed by atoms with Crippen LogP contribution in [-0.2, 0) is 11.0 Å². The molecule has 1 aromatic carbocycles. The Morgan fingerprint density at radius 3 is 2.47 bits per heavy atom. The lowest BCUT2D eigenvalue weighted by atomic mass is 10.3. The summed E-state index contributed by atoms with van der Waals surface area (Å²) in [6.45, 7) is 1.56. The third-order valence-electron chi connectivity index (χ3n) is 4.09. The number of rotatable bonds is 8. The molecule has 0 fully saturated rings. The number of carbonyl (C=O) groups is 1. The number of alkyl halides is 3. The Hall–Kier alpha value is -4.13. The number of amides is 1. The van der Waals surface area contributed by atoms with Crippen molar-refractivity contribution in [2.45, 2.75) is 19.5 Å². The van der Waals surface area contributed by atoms with Crippen LogP contribution < -0.4 is 15.0 Å². The van der Waals surface area contributed by atoms with Crippen LogP contribution in [0.3, 0.4) is 0 Å². The van der Waals surface area contributed by atoms with Gasteiger partial charge in [0.2, 0.25) is 11.7 Å². The Kier molecular flexibility index (Phi) is 7.36. The maximum absolute atomic E-state index is 12.7. The van der Waals surface area contributed by atoms with Crippen LogP contribution in [-0.4, -0.2) is 26.0 Å². The first-order valence-electron chi connectivity index (χ1n) is 9.46. The first kappa shape index (κ1) is 24.5. The van der Waals surface area contributed by atoms with Gasteiger partial charge in [-0.2, -0.15) is 13.2 Å². The van der Waals surface area contributed by atoms with E-state index < -0.39 is 22.6 Å². The van der Waals surface area contributed by atoms with Crippen LogP contribution in [0.2, 0.25) is 5.02 Å². The Morgan fingerprint density at radius 1 is 1.21 bits per heavy atom. The molecular weight excluding hydrogens is 483 g/mol. The maximum atomic E-state index is 12.7. The Labute approximate surface area is 195 Å². The molecule has 3 aromatic rings. The van der Waals surface area contributed by atoms with E-state index in [1.807, 2.05) is 0 Å².